The number of fused-ring (bicyclic) bond motifs is 1. The number of nitrogens with zero attached hydrogens (tertiary/aromatic N) is 1. The van der Waals surface area contributed by atoms with Crippen LogP contribution in [0.3, 0.4) is 0 Å². The maximum atomic E-state index is 13.9. The number of rotatable bonds is 9. The molecule has 7 atom stereocenters. The number of benzene rings is 1. The molecule has 8 nitrogen and oxygen atoms in total. The third-order valence-electron chi connectivity index (χ3n) is 8.14. The van der Waals surface area contributed by atoms with E-state index in [2.05, 4.69) is 17.6 Å². The molecule has 8 heteroatoms. The molecule has 4 rings (SSSR count). The van der Waals surface area contributed by atoms with Gasteiger partial charge in [-0.1, -0.05) is 44.9 Å². The van der Waals surface area contributed by atoms with Gasteiger partial charge in [0.05, 0.1) is 30.1 Å². The molecule has 1 spiro atoms. The topological polar surface area (TPSA) is 108 Å². The highest BCUT2D eigenvalue weighted by Crippen LogP contribution is 2.65. The fourth-order valence-corrected chi connectivity index (χ4v) is 6.36. The van der Waals surface area contributed by atoms with Crippen molar-refractivity contribution in [3.8, 4) is 0 Å². The first kappa shape index (κ1) is 24.7. The number of aliphatic hydroxyl groups excluding tert-OH is 1. The average molecular weight is 472 g/mol. The van der Waals surface area contributed by atoms with E-state index in [1.54, 1.807) is 19.1 Å². The van der Waals surface area contributed by atoms with Gasteiger partial charge in [-0.15, -0.1) is 0 Å². The molecule has 3 N–H and O–H groups in total. The standard InChI is InChI=1S/C26H37N3O5/c1-5-6-10-13-27-23(32)21-26-14-16(2)25(4,34-26)19(20(26)24(33)29(21)17(3)15-30)22(31)28-18-11-8-7-9-12-18/h7-9,11-12,16-17,19-21,30H,5-6,10,13-15H2,1-4H3,(H,27,32)(H,28,31)/t16?,17-,19-,20+,21?,25+,26?/m1/s1. The molecular formula is C26H37N3O5. The first-order valence-electron chi connectivity index (χ1n) is 12.5. The Hall–Kier alpha value is -2.45. The minimum absolute atomic E-state index is 0.0251. The van der Waals surface area contributed by atoms with Crippen molar-refractivity contribution >= 4 is 23.4 Å². The normalized spacial score (nSPS) is 34.7. The number of hydrogen-bond acceptors (Lipinski definition) is 5. The summed E-state index contributed by atoms with van der Waals surface area (Å²) in [5.74, 6) is -2.39. The van der Waals surface area contributed by atoms with Crippen LogP contribution in [0.2, 0.25) is 0 Å². The third kappa shape index (κ3) is 3.71. The van der Waals surface area contributed by atoms with Crippen LogP contribution in [-0.4, -0.2) is 64.2 Å². The SMILES string of the molecule is CCCCCNC(=O)C1N([C@H](C)CO)C(=O)[C@@H]2[C@H](C(=O)Nc3ccccc3)[C@@]3(C)OC12CC3C. The Kier molecular flexibility index (Phi) is 6.75. The van der Waals surface area contributed by atoms with Gasteiger partial charge in [0.15, 0.2) is 0 Å². The van der Waals surface area contributed by atoms with E-state index in [9.17, 15) is 19.5 Å². The van der Waals surface area contributed by atoms with Gasteiger partial charge in [-0.3, -0.25) is 14.4 Å². The minimum Gasteiger partial charge on any atom is -0.394 e. The first-order valence-corrected chi connectivity index (χ1v) is 12.5. The van der Waals surface area contributed by atoms with E-state index in [-0.39, 0.29) is 30.2 Å². The first-order chi connectivity index (χ1) is 16.2. The Labute approximate surface area is 201 Å². The number of carbonyl (C=O) groups is 3. The molecule has 3 aliphatic heterocycles. The fourth-order valence-electron chi connectivity index (χ4n) is 6.36. The van der Waals surface area contributed by atoms with E-state index in [0.29, 0.717) is 18.7 Å². The molecule has 0 aromatic heterocycles. The second-order valence-corrected chi connectivity index (χ2v) is 10.3. The molecular weight excluding hydrogens is 434 g/mol. The summed E-state index contributed by atoms with van der Waals surface area (Å²) < 4.78 is 6.65. The van der Waals surface area contributed by atoms with E-state index in [0.717, 1.165) is 19.3 Å². The number of ether oxygens (including phenoxy) is 1. The number of amides is 3. The molecule has 3 aliphatic rings. The molecule has 3 heterocycles. The summed E-state index contributed by atoms with van der Waals surface area (Å²) in [6.45, 7) is 7.98. The molecule has 3 saturated heterocycles. The number of carbonyl (C=O) groups excluding carboxylic acids is 3. The molecule has 1 aromatic carbocycles. The van der Waals surface area contributed by atoms with Crippen molar-refractivity contribution in [2.24, 2.45) is 17.8 Å². The van der Waals surface area contributed by atoms with Crippen molar-refractivity contribution in [2.45, 2.75) is 76.7 Å². The summed E-state index contributed by atoms with van der Waals surface area (Å²) in [7, 11) is 0. The van der Waals surface area contributed by atoms with E-state index >= 15 is 0 Å². The molecule has 3 fully saturated rings. The summed E-state index contributed by atoms with van der Waals surface area (Å²) >= 11 is 0. The zero-order valence-electron chi connectivity index (χ0n) is 20.5. The Morgan fingerprint density at radius 2 is 1.94 bits per heavy atom. The molecule has 3 amide bonds. The summed E-state index contributed by atoms with van der Waals surface area (Å²) in [5.41, 5.74) is -1.31. The smallest absolute Gasteiger partial charge is 0.245 e. The van der Waals surface area contributed by atoms with Gasteiger partial charge >= 0.3 is 0 Å². The Morgan fingerprint density at radius 1 is 1.24 bits per heavy atom. The van der Waals surface area contributed by atoms with Crippen LogP contribution >= 0.6 is 0 Å². The van der Waals surface area contributed by atoms with Crippen molar-refractivity contribution in [3.05, 3.63) is 30.3 Å². The van der Waals surface area contributed by atoms with Gasteiger partial charge in [0.1, 0.15) is 11.6 Å². The maximum Gasteiger partial charge on any atom is 0.245 e. The predicted molar refractivity (Wildman–Crippen MR) is 128 cm³/mol. The number of unbranched alkanes of at least 4 members (excludes halogenated alkanes) is 2. The lowest BCUT2D eigenvalue weighted by molar-refractivity contribution is -0.149. The zero-order chi connectivity index (χ0) is 24.7. The van der Waals surface area contributed by atoms with Gasteiger partial charge in [0, 0.05) is 12.2 Å². The number of hydrogen-bond donors (Lipinski definition) is 3. The summed E-state index contributed by atoms with van der Waals surface area (Å²) in [6.07, 6.45) is 3.40. The number of para-hydroxylation sites is 1. The Bertz CT molecular complexity index is 940. The van der Waals surface area contributed by atoms with Crippen molar-refractivity contribution < 1.29 is 24.2 Å². The second kappa shape index (κ2) is 9.30. The quantitative estimate of drug-likeness (QED) is 0.479. The van der Waals surface area contributed by atoms with Crippen LogP contribution in [0.4, 0.5) is 5.69 Å². The second-order valence-electron chi connectivity index (χ2n) is 10.3. The van der Waals surface area contributed by atoms with Gasteiger partial charge in [-0.25, -0.2) is 0 Å². The van der Waals surface area contributed by atoms with Crippen molar-refractivity contribution in [3.63, 3.8) is 0 Å². The molecule has 3 unspecified atom stereocenters. The van der Waals surface area contributed by atoms with Crippen LogP contribution in [0.5, 0.6) is 0 Å². The number of likely N-dealkylation sites (tertiary alicyclic amines) is 1. The summed E-state index contributed by atoms with van der Waals surface area (Å²) in [4.78, 5) is 42.4. The van der Waals surface area contributed by atoms with Crippen LogP contribution in [0.25, 0.3) is 0 Å². The Morgan fingerprint density at radius 3 is 2.59 bits per heavy atom. The Balaban J connectivity index is 1.70. The van der Waals surface area contributed by atoms with Gasteiger partial charge in [-0.05, 0) is 44.7 Å². The third-order valence-corrected chi connectivity index (χ3v) is 8.14. The molecule has 34 heavy (non-hydrogen) atoms. The number of anilines is 1. The van der Waals surface area contributed by atoms with Crippen LogP contribution in [0.15, 0.2) is 30.3 Å². The number of aliphatic hydroxyl groups is 1. The summed E-state index contributed by atoms with van der Waals surface area (Å²) in [5, 5.41) is 15.9. The molecule has 2 bridgehead atoms. The van der Waals surface area contributed by atoms with Crippen LogP contribution in [0, 0.1) is 17.8 Å². The molecule has 0 saturated carbocycles. The zero-order valence-corrected chi connectivity index (χ0v) is 20.5. The van der Waals surface area contributed by atoms with Crippen molar-refractivity contribution in [2.75, 3.05) is 18.5 Å². The van der Waals surface area contributed by atoms with Gasteiger partial charge in [-0.2, -0.15) is 0 Å². The summed E-state index contributed by atoms with van der Waals surface area (Å²) in [6, 6.07) is 7.70. The largest absolute Gasteiger partial charge is 0.394 e. The lowest BCUT2D eigenvalue weighted by Crippen LogP contribution is -2.57. The van der Waals surface area contributed by atoms with E-state index in [1.165, 1.54) is 4.90 Å². The van der Waals surface area contributed by atoms with Crippen LogP contribution in [-0.2, 0) is 19.1 Å². The lowest BCUT2D eigenvalue weighted by Gasteiger charge is -2.36. The fraction of sp³-hybridized carbons (Fsp3) is 0.654. The molecule has 1 aromatic rings. The van der Waals surface area contributed by atoms with E-state index in [1.807, 2.05) is 32.0 Å². The highest BCUT2D eigenvalue weighted by atomic mass is 16.5. The lowest BCUT2D eigenvalue weighted by atomic mass is 9.62. The highest BCUT2D eigenvalue weighted by molar-refractivity contribution is 6.02. The van der Waals surface area contributed by atoms with Gasteiger partial charge < -0.3 is 25.4 Å². The molecule has 0 aliphatic carbocycles. The van der Waals surface area contributed by atoms with E-state index in [4.69, 9.17) is 4.74 Å². The molecule has 186 valence electrons. The maximum absolute atomic E-state index is 13.9. The average Bonchev–Trinajstić information content (AvgIpc) is 3.33. The monoisotopic (exact) mass is 471 g/mol. The van der Waals surface area contributed by atoms with Crippen LogP contribution < -0.4 is 10.6 Å². The van der Waals surface area contributed by atoms with Crippen molar-refractivity contribution in [1.29, 1.82) is 0 Å². The highest BCUT2D eigenvalue weighted by Gasteiger charge is 2.80. The van der Waals surface area contributed by atoms with Gasteiger partial charge in [0.25, 0.3) is 0 Å². The van der Waals surface area contributed by atoms with E-state index < -0.39 is 35.1 Å². The predicted octanol–water partition coefficient (Wildman–Crippen LogP) is 2.32. The van der Waals surface area contributed by atoms with Crippen molar-refractivity contribution in [1.82, 2.24) is 10.2 Å². The van der Waals surface area contributed by atoms with Crippen LogP contribution in [0.1, 0.15) is 53.4 Å². The van der Waals surface area contributed by atoms with Gasteiger partial charge in [0.2, 0.25) is 17.7 Å². The number of nitrogens with one attached hydrogen (secondary N) is 2. The minimum atomic E-state index is -1.10. The molecule has 0 radical (unpaired) electrons.